The number of rotatable bonds is 4. The minimum Gasteiger partial charge on any atom is -0.327 e. The van der Waals surface area contributed by atoms with Crippen LogP contribution in [-0.2, 0) is 4.79 Å². The Morgan fingerprint density at radius 3 is 2.73 bits per heavy atom. The Kier molecular flexibility index (Phi) is 5.85. The van der Waals surface area contributed by atoms with Crippen molar-refractivity contribution in [3.8, 4) is 10.6 Å². The number of nitrogens with zero attached hydrogens (tertiary/aromatic N) is 4. The minimum absolute atomic E-state index is 0.152. The molecule has 3 heterocycles. The Hall–Kier alpha value is -3.13. The monoisotopic (exact) mass is 421 g/mol. The first-order valence-corrected chi connectivity index (χ1v) is 10.8. The summed E-state index contributed by atoms with van der Waals surface area (Å²) in [6, 6.07) is 10.6. The summed E-state index contributed by atoms with van der Waals surface area (Å²) in [4.78, 5) is 32.0. The molecular formula is C22H23N5O2S. The summed E-state index contributed by atoms with van der Waals surface area (Å²) < 4.78 is 0. The van der Waals surface area contributed by atoms with Crippen molar-refractivity contribution in [2.45, 2.75) is 39.2 Å². The van der Waals surface area contributed by atoms with Gasteiger partial charge in [0.1, 0.15) is 16.1 Å². The third-order valence-electron chi connectivity index (χ3n) is 5.13. The van der Waals surface area contributed by atoms with Gasteiger partial charge in [0.05, 0.1) is 5.56 Å². The lowest BCUT2D eigenvalue weighted by molar-refractivity contribution is -0.121. The van der Waals surface area contributed by atoms with E-state index in [9.17, 15) is 9.59 Å². The predicted octanol–water partition coefficient (Wildman–Crippen LogP) is 3.85. The molecule has 7 nitrogen and oxygen atoms in total. The molecule has 0 bridgehead atoms. The van der Waals surface area contributed by atoms with Crippen LogP contribution >= 0.6 is 11.3 Å². The normalized spacial score (nSPS) is 16.3. The van der Waals surface area contributed by atoms with Crippen molar-refractivity contribution >= 4 is 28.8 Å². The molecule has 1 saturated heterocycles. The van der Waals surface area contributed by atoms with Gasteiger partial charge in [-0.3, -0.25) is 14.6 Å². The number of anilines is 1. The zero-order valence-corrected chi connectivity index (χ0v) is 17.8. The molecule has 8 heteroatoms. The smallest absolute Gasteiger partial charge is 0.256 e. The maximum absolute atomic E-state index is 13.1. The van der Waals surface area contributed by atoms with E-state index in [1.807, 2.05) is 44.2 Å². The van der Waals surface area contributed by atoms with Gasteiger partial charge in [-0.05, 0) is 57.4 Å². The fraction of sp³-hybridized carbons (Fsp3) is 0.318. The molecule has 0 aliphatic carbocycles. The highest BCUT2D eigenvalue weighted by atomic mass is 32.1. The molecule has 0 saturated carbocycles. The summed E-state index contributed by atoms with van der Waals surface area (Å²) in [5, 5.41) is 12.9. The average Bonchev–Trinajstić information content (AvgIpc) is 3.20. The maximum Gasteiger partial charge on any atom is 0.256 e. The summed E-state index contributed by atoms with van der Waals surface area (Å²) in [6.07, 6.45) is 4.03. The highest BCUT2D eigenvalue weighted by molar-refractivity contribution is 7.14. The standard InChI is InChI=1S/C22H23N5O2S/c1-14-9-10-17(13-23-14)22(29)27-11-4-3-8-19(27)20(28)24-18-7-5-6-16(12-18)21-26-25-15(2)30-21/h5-7,9-10,12-13,19H,3-4,8,11H2,1-2H3,(H,24,28)/t19-/m0/s1. The number of carbonyl (C=O) groups is 2. The van der Waals surface area contributed by atoms with Crippen LogP contribution in [0.2, 0.25) is 0 Å². The molecule has 2 aromatic heterocycles. The van der Waals surface area contributed by atoms with E-state index in [4.69, 9.17) is 0 Å². The Labute approximate surface area is 179 Å². The van der Waals surface area contributed by atoms with Gasteiger partial charge in [0.15, 0.2) is 0 Å². The van der Waals surface area contributed by atoms with Crippen molar-refractivity contribution < 1.29 is 9.59 Å². The van der Waals surface area contributed by atoms with Crippen LogP contribution < -0.4 is 5.32 Å². The van der Waals surface area contributed by atoms with Crippen molar-refractivity contribution in [3.05, 3.63) is 58.9 Å². The predicted molar refractivity (Wildman–Crippen MR) is 116 cm³/mol. The van der Waals surface area contributed by atoms with E-state index in [0.717, 1.165) is 34.1 Å². The van der Waals surface area contributed by atoms with Gasteiger partial charge in [0.25, 0.3) is 5.91 Å². The summed E-state index contributed by atoms with van der Waals surface area (Å²) in [5.74, 6) is -0.325. The molecule has 1 aliphatic rings. The highest BCUT2D eigenvalue weighted by Crippen LogP contribution is 2.26. The molecular weight excluding hydrogens is 398 g/mol. The van der Waals surface area contributed by atoms with Crippen LogP contribution in [0.25, 0.3) is 10.6 Å². The van der Waals surface area contributed by atoms with Crippen LogP contribution in [-0.4, -0.2) is 44.5 Å². The quantitative estimate of drug-likeness (QED) is 0.691. The van der Waals surface area contributed by atoms with E-state index in [1.54, 1.807) is 17.2 Å². The molecule has 1 aliphatic heterocycles. The zero-order valence-electron chi connectivity index (χ0n) is 17.0. The van der Waals surface area contributed by atoms with Crippen LogP contribution in [0.5, 0.6) is 0 Å². The highest BCUT2D eigenvalue weighted by Gasteiger charge is 2.32. The molecule has 0 unspecified atom stereocenters. The number of amides is 2. The lowest BCUT2D eigenvalue weighted by Crippen LogP contribution is -2.50. The second-order valence-electron chi connectivity index (χ2n) is 7.39. The van der Waals surface area contributed by atoms with Gasteiger partial charge < -0.3 is 10.2 Å². The number of nitrogens with one attached hydrogen (secondary N) is 1. The molecule has 30 heavy (non-hydrogen) atoms. The Bertz CT molecular complexity index is 1060. The summed E-state index contributed by atoms with van der Waals surface area (Å²) in [6.45, 7) is 4.35. The Morgan fingerprint density at radius 2 is 2.00 bits per heavy atom. The number of piperidine rings is 1. The van der Waals surface area contributed by atoms with Gasteiger partial charge in [-0.25, -0.2) is 0 Å². The van der Waals surface area contributed by atoms with Crippen molar-refractivity contribution in [1.29, 1.82) is 0 Å². The number of hydrogen-bond acceptors (Lipinski definition) is 6. The number of pyridine rings is 1. The fourth-order valence-corrected chi connectivity index (χ4v) is 4.26. The first kappa shape index (κ1) is 20.2. The molecule has 3 aromatic rings. The maximum atomic E-state index is 13.1. The zero-order chi connectivity index (χ0) is 21.1. The second kappa shape index (κ2) is 8.71. The van der Waals surface area contributed by atoms with E-state index >= 15 is 0 Å². The molecule has 154 valence electrons. The molecule has 4 rings (SSSR count). The third kappa shape index (κ3) is 4.38. The van der Waals surface area contributed by atoms with Gasteiger partial charge in [0.2, 0.25) is 5.91 Å². The van der Waals surface area contributed by atoms with Crippen LogP contribution in [0.3, 0.4) is 0 Å². The first-order valence-electron chi connectivity index (χ1n) is 9.96. The first-order chi connectivity index (χ1) is 14.5. The molecule has 1 atom stereocenters. The van der Waals surface area contributed by atoms with E-state index in [1.165, 1.54) is 11.3 Å². The number of carbonyl (C=O) groups excluding carboxylic acids is 2. The van der Waals surface area contributed by atoms with Gasteiger partial charge in [-0.1, -0.05) is 23.5 Å². The lowest BCUT2D eigenvalue weighted by Gasteiger charge is -2.34. The summed E-state index contributed by atoms with van der Waals surface area (Å²) >= 11 is 1.51. The molecule has 0 spiro atoms. The van der Waals surface area contributed by atoms with Crippen molar-refractivity contribution in [2.75, 3.05) is 11.9 Å². The molecule has 0 radical (unpaired) electrons. The van der Waals surface area contributed by atoms with Crippen molar-refractivity contribution in [2.24, 2.45) is 0 Å². The number of aryl methyl sites for hydroxylation is 2. The second-order valence-corrected chi connectivity index (χ2v) is 8.58. The number of benzene rings is 1. The number of aromatic nitrogens is 3. The number of hydrogen-bond donors (Lipinski definition) is 1. The Balaban J connectivity index is 1.51. The van der Waals surface area contributed by atoms with E-state index in [0.29, 0.717) is 24.2 Å². The van der Waals surface area contributed by atoms with E-state index in [-0.39, 0.29) is 11.8 Å². The average molecular weight is 422 g/mol. The van der Waals surface area contributed by atoms with Crippen LogP contribution in [0.1, 0.15) is 40.3 Å². The molecule has 2 amide bonds. The largest absolute Gasteiger partial charge is 0.327 e. The van der Waals surface area contributed by atoms with Crippen LogP contribution in [0.4, 0.5) is 5.69 Å². The summed E-state index contributed by atoms with van der Waals surface area (Å²) in [5.41, 5.74) is 2.94. The molecule has 1 N–H and O–H groups in total. The Morgan fingerprint density at radius 1 is 1.13 bits per heavy atom. The summed E-state index contributed by atoms with van der Waals surface area (Å²) in [7, 11) is 0. The van der Waals surface area contributed by atoms with Gasteiger partial charge >= 0.3 is 0 Å². The van der Waals surface area contributed by atoms with Gasteiger partial charge in [-0.2, -0.15) is 0 Å². The number of likely N-dealkylation sites (tertiary alicyclic amines) is 1. The van der Waals surface area contributed by atoms with E-state index < -0.39 is 6.04 Å². The molecule has 1 aromatic carbocycles. The van der Waals surface area contributed by atoms with Crippen LogP contribution in [0.15, 0.2) is 42.6 Å². The topological polar surface area (TPSA) is 88.1 Å². The molecule has 1 fully saturated rings. The van der Waals surface area contributed by atoms with E-state index in [2.05, 4.69) is 20.5 Å². The van der Waals surface area contributed by atoms with Gasteiger partial charge in [0, 0.05) is 29.7 Å². The minimum atomic E-state index is -0.500. The van der Waals surface area contributed by atoms with Crippen molar-refractivity contribution in [1.82, 2.24) is 20.1 Å². The lowest BCUT2D eigenvalue weighted by atomic mass is 10.00. The third-order valence-corrected chi connectivity index (χ3v) is 6.02. The van der Waals surface area contributed by atoms with Crippen LogP contribution in [0, 0.1) is 13.8 Å². The van der Waals surface area contributed by atoms with Crippen molar-refractivity contribution in [3.63, 3.8) is 0 Å². The SMILES string of the molecule is Cc1ccc(C(=O)N2CCCC[C@H]2C(=O)Nc2cccc(-c3nnc(C)s3)c2)cn1. The fourth-order valence-electron chi connectivity index (χ4n) is 3.58. The van der Waals surface area contributed by atoms with Gasteiger partial charge in [-0.15, -0.1) is 10.2 Å².